The number of carbonyl (C=O) groups is 2. The summed E-state index contributed by atoms with van der Waals surface area (Å²) in [5.41, 5.74) is 0.961. The lowest BCUT2D eigenvalue weighted by Crippen LogP contribution is -1.97. The number of fused-ring (bicyclic) bond motifs is 1. The van der Waals surface area contributed by atoms with Crippen molar-refractivity contribution in [2.45, 2.75) is 13.8 Å². The van der Waals surface area contributed by atoms with Crippen molar-refractivity contribution in [3.05, 3.63) is 29.5 Å². The van der Waals surface area contributed by atoms with Gasteiger partial charge in [0.15, 0.2) is 17.3 Å². The number of hydrogen-bond acceptors (Lipinski definition) is 4. The molecule has 0 fully saturated rings. The summed E-state index contributed by atoms with van der Waals surface area (Å²) in [4.78, 5) is 22.9. The summed E-state index contributed by atoms with van der Waals surface area (Å²) in [7, 11) is 1.50. The first-order valence-electron chi connectivity index (χ1n) is 5.17. The molecular formula is C13H12O4. The van der Waals surface area contributed by atoms with Crippen LogP contribution in [0, 0.1) is 0 Å². The number of hydrogen-bond donors (Lipinski definition) is 0. The van der Waals surface area contributed by atoms with Crippen molar-refractivity contribution in [2.24, 2.45) is 0 Å². The number of methoxy groups -OCH3 is 1. The highest BCUT2D eigenvalue weighted by molar-refractivity contribution is 6.10. The highest BCUT2D eigenvalue weighted by Crippen LogP contribution is 2.30. The molecule has 0 spiro atoms. The van der Waals surface area contributed by atoms with Crippen LogP contribution in [0.2, 0.25) is 0 Å². The van der Waals surface area contributed by atoms with E-state index in [0.717, 1.165) is 0 Å². The summed E-state index contributed by atoms with van der Waals surface area (Å²) in [5, 5.41) is 0.613. The summed E-state index contributed by atoms with van der Waals surface area (Å²) in [5.74, 6) is 0.440. The molecule has 0 unspecified atom stereocenters. The SMILES string of the molecule is COc1ccc2oc(C(C)=O)cc2c1C(C)=O. The predicted molar refractivity (Wildman–Crippen MR) is 62.8 cm³/mol. The van der Waals surface area contributed by atoms with E-state index in [-0.39, 0.29) is 17.3 Å². The van der Waals surface area contributed by atoms with Crippen molar-refractivity contribution in [3.63, 3.8) is 0 Å². The standard InChI is InChI=1S/C13H12O4/c1-7(14)12-6-9-10(17-12)4-5-11(16-3)13(9)8(2)15/h4-6H,1-3H3. The van der Waals surface area contributed by atoms with Gasteiger partial charge in [0, 0.05) is 12.3 Å². The minimum Gasteiger partial charge on any atom is -0.496 e. The molecule has 0 saturated carbocycles. The molecule has 0 bridgehead atoms. The summed E-state index contributed by atoms with van der Waals surface area (Å²) in [6.07, 6.45) is 0. The number of rotatable bonds is 3. The number of carbonyl (C=O) groups excluding carboxylic acids is 2. The van der Waals surface area contributed by atoms with Crippen LogP contribution in [0.25, 0.3) is 11.0 Å². The smallest absolute Gasteiger partial charge is 0.194 e. The highest BCUT2D eigenvalue weighted by Gasteiger charge is 2.17. The topological polar surface area (TPSA) is 56.5 Å². The van der Waals surface area contributed by atoms with Crippen molar-refractivity contribution in [2.75, 3.05) is 7.11 Å². The van der Waals surface area contributed by atoms with E-state index in [1.54, 1.807) is 18.2 Å². The Bertz CT molecular complexity index is 607. The molecule has 88 valence electrons. The molecule has 2 aromatic rings. The summed E-state index contributed by atoms with van der Waals surface area (Å²) < 4.78 is 10.5. The molecule has 1 aromatic heterocycles. The number of benzene rings is 1. The lowest BCUT2D eigenvalue weighted by molar-refractivity contribution is 0.0986. The van der Waals surface area contributed by atoms with Gasteiger partial charge in [0.1, 0.15) is 11.3 Å². The van der Waals surface area contributed by atoms with Crippen molar-refractivity contribution in [3.8, 4) is 5.75 Å². The first kappa shape index (κ1) is 11.4. The largest absolute Gasteiger partial charge is 0.496 e. The van der Waals surface area contributed by atoms with Crippen molar-refractivity contribution in [1.29, 1.82) is 0 Å². The van der Waals surface area contributed by atoms with Crippen LogP contribution in [0.4, 0.5) is 0 Å². The first-order chi connectivity index (χ1) is 8.04. The maximum Gasteiger partial charge on any atom is 0.194 e. The minimum atomic E-state index is -0.172. The Morgan fingerprint density at radius 1 is 1.18 bits per heavy atom. The molecule has 0 atom stereocenters. The van der Waals surface area contributed by atoms with E-state index < -0.39 is 0 Å². The van der Waals surface area contributed by atoms with Crippen LogP contribution >= 0.6 is 0 Å². The Morgan fingerprint density at radius 3 is 2.41 bits per heavy atom. The summed E-state index contributed by atoms with van der Waals surface area (Å²) in [6.45, 7) is 2.88. The normalized spacial score (nSPS) is 10.5. The number of furan rings is 1. The molecule has 0 radical (unpaired) electrons. The fourth-order valence-corrected chi connectivity index (χ4v) is 1.80. The van der Waals surface area contributed by atoms with E-state index in [4.69, 9.17) is 9.15 Å². The molecular weight excluding hydrogens is 220 g/mol. The van der Waals surface area contributed by atoms with E-state index in [2.05, 4.69) is 0 Å². The third kappa shape index (κ3) is 1.82. The molecule has 0 aliphatic carbocycles. The minimum absolute atomic E-state index is 0.122. The van der Waals surface area contributed by atoms with Gasteiger partial charge in [-0.2, -0.15) is 0 Å². The predicted octanol–water partition coefficient (Wildman–Crippen LogP) is 2.85. The zero-order valence-corrected chi connectivity index (χ0v) is 9.87. The molecule has 0 N–H and O–H groups in total. The van der Waals surface area contributed by atoms with Crippen LogP contribution in [0.15, 0.2) is 22.6 Å². The second-order valence-corrected chi connectivity index (χ2v) is 3.78. The third-order valence-corrected chi connectivity index (χ3v) is 2.58. The van der Waals surface area contributed by atoms with Gasteiger partial charge in [-0.25, -0.2) is 0 Å². The maximum absolute atomic E-state index is 11.6. The second kappa shape index (κ2) is 4.05. The van der Waals surface area contributed by atoms with Gasteiger partial charge in [0.25, 0.3) is 0 Å². The van der Waals surface area contributed by atoms with Crippen LogP contribution in [0.1, 0.15) is 34.8 Å². The van der Waals surface area contributed by atoms with Gasteiger partial charge in [-0.05, 0) is 25.1 Å². The Balaban J connectivity index is 2.80. The van der Waals surface area contributed by atoms with Crippen molar-refractivity contribution >= 4 is 22.5 Å². The summed E-state index contributed by atoms with van der Waals surface area (Å²) >= 11 is 0. The van der Waals surface area contributed by atoms with Gasteiger partial charge in [-0.15, -0.1) is 0 Å². The average molecular weight is 232 g/mol. The van der Waals surface area contributed by atoms with Gasteiger partial charge >= 0.3 is 0 Å². The number of ketones is 2. The van der Waals surface area contributed by atoms with Gasteiger partial charge in [-0.1, -0.05) is 0 Å². The first-order valence-corrected chi connectivity index (χ1v) is 5.17. The Hall–Kier alpha value is -2.10. The molecule has 1 aromatic carbocycles. The monoisotopic (exact) mass is 232 g/mol. The van der Waals surface area contributed by atoms with E-state index >= 15 is 0 Å². The van der Waals surface area contributed by atoms with E-state index in [1.165, 1.54) is 21.0 Å². The van der Waals surface area contributed by atoms with E-state index in [9.17, 15) is 9.59 Å². The number of Topliss-reactive ketones (excluding diaryl/α,β-unsaturated/α-hetero) is 2. The molecule has 0 amide bonds. The zero-order chi connectivity index (χ0) is 12.6. The van der Waals surface area contributed by atoms with Crippen LogP contribution in [-0.2, 0) is 0 Å². The quantitative estimate of drug-likeness (QED) is 0.763. The molecule has 4 heteroatoms. The lowest BCUT2D eigenvalue weighted by Gasteiger charge is -2.05. The molecule has 0 aliphatic heterocycles. The third-order valence-electron chi connectivity index (χ3n) is 2.58. The van der Waals surface area contributed by atoms with Crippen LogP contribution in [0.3, 0.4) is 0 Å². The number of ether oxygens (including phenoxy) is 1. The van der Waals surface area contributed by atoms with Gasteiger partial charge < -0.3 is 9.15 Å². The van der Waals surface area contributed by atoms with Crippen LogP contribution in [0.5, 0.6) is 5.75 Å². The Morgan fingerprint density at radius 2 is 1.88 bits per heavy atom. The van der Waals surface area contributed by atoms with Gasteiger partial charge in [0.05, 0.1) is 12.7 Å². The lowest BCUT2D eigenvalue weighted by atomic mass is 10.1. The fourth-order valence-electron chi connectivity index (χ4n) is 1.80. The molecule has 2 rings (SSSR count). The molecule has 1 heterocycles. The molecule has 0 aliphatic rings. The highest BCUT2D eigenvalue weighted by atomic mass is 16.5. The zero-order valence-electron chi connectivity index (χ0n) is 9.87. The van der Waals surface area contributed by atoms with Gasteiger partial charge in [-0.3, -0.25) is 9.59 Å². The Labute approximate surface area is 98.2 Å². The molecule has 0 saturated heterocycles. The maximum atomic E-state index is 11.6. The van der Waals surface area contributed by atoms with E-state index in [1.807, 2.05) is 0 Å². The fraction of sp³-hybridized carbons (Fsp3) is 0.231. The summed E-state index contributed by atoms with van der Waals surface area (Å²) in [6, 6.07) is 4.93. The van der Waals surface area contributed by atoms with Crippen molar-refractivity contribution in [1.82, 2.24) is 0 Å². The Kier molecular flexibility index (Phi) is 2.71. The van der Waals surface area contributed by atoms with Crippen LogP contribution < -0.4 is 4.74 Å². The second-order valence-electron chi connectivity index (χ2n) is 3.78. The van der Waals surface area contributed by atoms with Crippen LogP contribution in [-0.4, -0.2) is 18.7 Å². The van der Waals surface area contributed by atoms with Crippen molar-refractivity contribution < 1.29 is 18.7 Å². The average Bonchev–Trinajstić information content (AvgIpc) is 2.70. The molecule has 17 heavy (non-hydrogen) atoms. The van der Waals surface area contributed by atoms with Gasteiger partial charge in [0.2, 0.25) is 0 Å². The van der Waals surface area contributed by atoms with E-state index in [0.29, 0.717) is 22.3 Å². The molecule has 4 nitrogen and oxygen atoms in total.